The Hall–Kier alpha value is -6.08. The average molecular weight is 696 g/mol. The number of hydrogen-bond donors (Lipinski definition) is 0. The Balaban J connectivity index is 1.39. The van der Waals surface area contributed by atoms with Crippen molar-refractivity contribution in [3.8, 4) is 34.1 Å². The zero-order chi connectivity index (χ0) is 34.2. The van der Waals surface area contributed by atoms with Crippen LogP contribution in [0.15, 0.2) is 146 Å². The molecule has 0 fully saturated rings. The van der Waals surface area contributed by atoms with Crippen LogP contribution in [-0.4, -0.2) is 12.3 Å². The standard InChI is InChI=1S/C42H24Cl2O6/c43-25-19-21-33-35(23-25)37(29-15-7-9-17-31(29)39(33)49-41(45)47-27-11-3-1-4-12-27)38-30-16-8-10-18-32(30)40(34-22-20-26(44)24-36(34)38)50-42(46)48-28-13-5-2-6-14-28/h1-24H. The van der Waals surface area contributed by atoms with E-state index in [1.165, 1.54) is 0 Å². The van der Waals surface area contributed by atoms with Crippen molar-refractivity contribution in [2.24, 2.45) is 0 Å². The fourth-order valence-corrected chi connectivity index (χ4v) is 6.70. The molecular formula is C42H24Cl2O6. The SMILES string of the molecule is O=C(Oc1ccccc1)Oc1c2ccccc2c(-c2c3ccccc3c(OC(=O)Oc3ccccc3)c3ccc(Cl)cc23)c2cc(Cl)ccc12. The minimum atomic E-state index is -0.878. The van der Waals surface area contributed by atoms with Gasteiger partial charge in [0.05, 0.1) is 0 Å². The van der Waals surface area contributed by atoms with Gasteiger partial charge in [0.2, 0.25) is 0 Å². The summed E-state index contributed by atoms with van der Waals surface area (Å²) in [4.78, 5) is 26.4. The van der Waals surface area contributed by atoms with E-state index in [4.69, 9.17) is 42.1 Å². The molecule has 0 N–H and O–H groups in total. The first-order valence-electron chi connectivity index (χ1n) is 15.6. The highest BCUT2D eigenvalue weighted by molar-refractivity contribution is 6.34. The highest BCUT2D eigenvalue weighted by Crippen LogP contribution is 2.50. The maximum absolute atomic E-state index is 13.2. The summed E-state index contributed by atoms with van der Waals surface area (Å²) >= 11 is 13.4. The fraction of sp³-hybridized carbons (Fsp3) is 0. The summed E-state index contributed by atoms with van der Waals surface area (Å²) in [5.41, 5.74) is 1.65. The lowest BCUT2D eigenvalue weighted by atomic mass is 9.85. The van der Waals surface area contributed by atoms with Gasteiger partial charge in [-0.1, -0.05) is 108 Å². The Bertz CT molecular complexity index is 2420. The van der Waals surface area contributed by atoms with E-state index in [1.54, 1.807) is 60.7 Å². The van der Waals surface area contributed by atoms with Crippen LogP contribution in [0.2, 0.25) is 10.0 Å². The molecule has 0 spiro atoms. The summed E-state index contributed by atoms with van der Waals surface area (Å²) in [6.07, 6.45) is -1.76. The van der Waals surface area contributed by atoms with Gasteiger partial charge in [-0.05, 0) is 93.3 Å². The summed E-state index contributed by atoms with van der Waals surface area (Å²) in [6.45, 7) is 0. The smallest absolute Gasteiger partial charge is 0.395 e. The Kier molecular flexibility index (Phi) is 8.17. The molecule has 8 aromatic rings. The molecule has 0 unspecified atom stereocenters. The number of carbonyl (C=O) groups excluding carboxylic acids is 2. The number of hydrogen-bond acceptors (Lipinski definition) is 6. The highest BCUT2D eigenvalue weighted by Gasteiger charge is 2.25. The Morgan fingerprint density at radius 1 is 0.360 bits per heavy atom. The molecule has 0 amide bonds. The molecule has 0 saturated carbocycles. The number of para-hydroxylation sites is 2. The van der Waals surface area contributed by atoms with Crippen LogP contribution in [0.1, 0.15) is 0 Å². The van der Waals surface area contributed by atoms with Gasteiger partial charge in [-0.15, -0.1) is 0 Å². The third-order valence-corrected chi connectivity index (χ3v) is 8.85. The normalized spacial score (nSPS) is 11.2. The Morgan fingerprint density at radius 2 is 0.700 bits per heavy atom. The summed E-state index contributed by atoms with van der Waals surface area (Å²) in [5, 5.41) is 6.62. The minimum Gasteiger partial charge on any atom is -0.395 e. The van der Waals surface area contributed by atoms with E-state index in [1.807, 2.05) is 84.9 Å². The molecule has 0 aliphatic heterocycles. The number of carbonyl (C=O) groups is 2. The van der Waals surface area contributed by atoms with Gasteiger partial charge in [-0.25, -0.2) is 9.59 Å². The van der Waals surface area contributed by atoms with Gasteiger partial charge in [-0.3, -0.25) is 0 Å². The molecule has 0 aliphatic rings. The molecule has 0 radical (unpaired) electrons. The molecule has 8 aromatic carbocycles. The van der Waals surface area contributed by atoms with Crippen LogP contribution in [0.4, 0.5) is 9.59 Å². The number of halogens is 2. The van der Waals surface area contributed by atoms with E-state index in [9.17, 15) is 9.59 Å². The lowest BCUT2D eigenvalue weighted by Crippen LogP contribution is -2.14. The van der Waals surface area contributed by atoms with E-state index >= 15 is 0 Å². The molecule has 8 heteroatoms. The molecule has 6 nitrogen and oxygen atoms in total. The molecule has 0 saturated heterocycles. The second kappa shape index (κ2) is 13.1. The van der Waals surface area contributed by atoms with Gasteiger partial charge >= 0.3 is 12.3 Å². The highest BCUT2D eigenvalue weighted by atomic mass is 35.5. The van der Waals surface area contributed by atoms with Gasteiger partial charge < -0.3 is 18.9 Å². The number of fused-ring (bicyclic) bond motifs is 4. The predicted molar refractivity (Wildman–Crippen MR) is 198 cm³/mol. The molecule has 50 heavy (non-hydrogen) atoms. The third-order valence-electron chi connectivity index (χ3n) is 8.38. The Labute approximate surface area is 295 Å². The van der Waals surface area contributed by atoms with E-state index < -0.39 is 12.3 Å². The van der Waals surface area contributed by atoms with Crippen LogP contribution in [-0.2, 0) is 0 Å². The first-order valence-corrected chi connectivity index (χ1v) is 16.4. The maximum atomic E-state index is 13.2. The van der Waals surface area contributed by atoms with Crippen LogP contribution in [0.5, 0.6) is 23.0 Å². The van der Waals surface area contributed by atoms with E-state index in [0.717, 1.165) is 32.7 Å². The fourth-order valence-electron chi connectivity index (χ4n) is 6.36. The van der Waals surface area contributed by atoms with Gasteiger partial charge in [0, 0.05) is 31.6 Å². The van der Waals surface area contributed by atoms with Crippen molar-refractivity contribution in [2.75, 3.05) is 0 Å². The average Bonchev–Trinajstić information content (AvgIpc) is 3.13. The molecule has 242 valence electrons. The molecule has 0 aliphatic carbocycles. The largest absolute Gasteiger partial charge is 0.519 e. The summed E-state index contributed by atoms with van der Waals surface area (Å²) < 4.78 is 23.0. The summed E-state index contributed by atoms with van der Waals surface area (Å²) in [5.74, 6) is 1.37. The lowest BCUT2D eigenvalue weighted by molar-refractivity contribution is 0.152. The zero-order valence-electron chi connectivity index (χ0n) is 26.1. The molecular weight excluding hydrogens is 671 g/mol. The van der Waals surface area contributed by atoms with Crippen molar-refractivity contribution in [1.29, 1.82) is 0 Å². The van der Waals surface area contributed by atoms with Crippen LogP contribution < -0.4 is 18.9 Å². The van der Waals surface area contributed by atoms with Gasteiger partial charge in [0.15, 0.2) is 0 Å². The van der Waals surface area contributed by atoms with Gasteiger partial charge in [0.25, 0.3) is 0 Å². The van der Waals surface area contributed by atoms with Crippen molar-refractivity contribution in [3.05, 3.63) is 156 Å². The number of benzene rings is 8. The van der Waals surface area contributed by atoms with Crippen molar-refractivity contribution in [1.82, 2.24) is 0 Å². The minimum absolute atomic E-state index is 0.326. The van der Waals surface area contributed by atoms with Crippen LogP contribution in [0.3, 0.4) is 0 Å². The van der Waals surface area contributed by atoms with E-state index in [0.29, 0.717) is 54.6 Å². The number of ether oxygens (including phenoxy) is 4. The second-order valence-corrected chi connectivity index (χ2v) is 12.3. The van der Waals surface area contributed by atoms with Crippen molar-refractivity contribution in [3.63, 3.8) is 0 Å². The Morgan fingerprint density at radius 3 is 1.10 bits per heavy atom. The van der Waals surface area contributed by atoms with Gasteiger partial charge in [-0.2, -0.15) is 0 Å². The maximum Gasteiger partial charge on any atom is 0.519 e. The van der Waals surface area contributed by atoms with Gasteiger partial charge in [0.1, 0.15) is 23.0 Å². The number of rotatable bonds is 5. The van der Waals surface area contributed by atoms with Crippen LogP contribution >= 0.6 is 23.2 Å². The third kappa shape index (κ3) is 5.81. The molecule has 0 atom stereocenters. The van der Waals surface area contributed by atoms with Crippen molar-refractivity contribution >= 4 is 78.6 Å². The van der Waals surface area contributed by atoms with Crippen molar-refractivity contribution in [2.45, 2.75) is 0 Å². The molecule has 0 aromatic heterocycles. The molecule has 0 bridgehead atoms. The zero-order valence-corrected chi connectivity index (χ0v) is 27.6. The van der Waals surface area contributed by atoms with E-state index in [-0.39, 0.29) is 0 Å². The van der Waals surface area contributed by atoms with Crippen molar-refractivity contribution < 1.29 is 28.5 Å². The van der Waals surface area contributed by atoms with Crippen LogP contribution in [0, 0.1) is 0 Å². The summed E-state index contributed by atoms with van der Waals surface area (Å²) in [6, 6.07) is 43.6. The monoisotopic (exact) mass is 694 g/mol. The predicted octanol–water partition coefficient (Wildman–Crippen LogP) is 12.4. The van der Waals surface area contributed by atoms with Crippen LogP contribution in [0.25, 0.3) is 54.2 Å². The second-order valence-electron chi connectivity index (χ2n) is 11.4. The molecule has 8 rings (SSSR count). The summed E-state index contributed by atoms with van der Waals surface area (Å²) in [7, 11) is 0. The lowest BCUT2D eigenvalue weighted by Gasteiger charge is -2.21. The first kappa shape index (κ1) is 31.2. The topological polar surface area (TPSA) is 71.1 Å². The first-order chi connectivity index (χ1) is 24.4. The quantitative estimate of drug-likeness (QED) is 0.101. The molecule has 0 heterocycles. The van der Waals surface area contributed by atoms with E-state index in [2.05, 4.69) is 0 Å².